The summed E-state index contributed by atoms with van der Waals surface area (Å²) in [4.78, 5) is 4.41. The maximum absolute atomic E-state index is 5.00. The third-order valence-electron chi connectivity index (χ3n) is 3.42. The second-order valence-electron chi connectivity index (χ2n) is 5.20. The summed E-state index contributed by atoms with van der Waals surface area (Å²) in [6, 6.07) is 7.98. The van der Waals surface area contributed by atoms with E-state index in [2.05, 4.69) is 63.0 Å². The minimum absolute atomic E-state index is 0.356. The molecule has 0 radical (unpaired) electrons. The molecule has 0 spiro atoms. The SMILES string of the molecule is CCc1cccc(C)c1Nc1cnnc(Nc2cc(C)on2)n1. The summed E-state index contributed by atoms with van der Waals surface area (Å²) < 4.78 is 5.00. The topological polar surface area (TPSA) is 88.8 Å². The smallest absolute Gasteiger partial charge is 0.250 e. The largest absolute Gasteiger partial charge is 0.360 e. The summed E-state index contributed by atoms with van der Waals surface area (Å²) in [7, 11) is 0. The van der Waals surface area contributed by atoms with Gasteiger partial charge < -0.3 is 15.2 Å². The third-order valence-corrected chi connectivity index (χ3v) is 3.42. The number of anilines is 4. The molecular formula is C16H18N6O. The number of hydrogen-bond donors (Lipinski definition) is 2. The Morgan fingerprint density at radius 1 is 1.13 bits per heavy atom. The first-order valence-electron chi connectivity index (χ1n) is 7.41. The molecule has 2 N–H and O–H groups in total. The highest BCUT2D eigenvalue weighted by atomic mass is 16.5. The van der Waals surface area contributed by atoms with E-state index >= 15 is 0 Å². The van der Waals surface area contributed by atoms with Crippen LogP contribution in [0.15, 0.2) is 35.0 Å². The van der Waals surface area contributed by atoms with Crippen LogP contribution >= 0.6 is 0 Å². The number of rotatable bonds is 5. The van der Waals surface area contributed by atoms with Crippen molar-refractivity contribution < 1.29 is 4.52 Å². The monoisotopic (exact) mass is 310 g/mol. The third kappa shape index (κ3) is 3.45. The van der Waals surface area contributed by atoms with Crippen LogP contribution in [0.1, 0.15) is 23.8 Å². The van der Waals surface area contributed by atoms with Gasteiger partial charge in [0.05, 0.1) is 6.20 Å². The molecule has 118 valence electrons. The summed E-state index contributed by atoms with van der Waals surface area (Å²) in [6.07, 6.45) is 2.52. The van der Waals surface area contributed by atoms with E-state index in [4.69, 9.17) is 4.52 Å². The second kappa shape index (κ2) is 6.43. The Bertz CT molecular complexity index is 814. The van der Waals surface area contributed by atoms with Crippen LogP contribution in [-0.2, 0) is 6.42 Å². The zero-order valence-corrected chi connectivity index (χ0v) is 13.3. The van der Waals surface area contributed by atoms with E-state index in [0.717, 1.165) is 17.7 Å². The molecule has 0 aliphatic rings. The number of nitrogens with one attached hydrogen (secondary N) is 2. The van der Waals surface area contributed by atoms with Crippen molar-refractivity contribution in [1.82, 2.24) is 20.3 Å². The Labute approximate surface area is 134 Å². The van der Waals surface area contributed by atoms with Crippen LogP contribution < -0.4 is 10.6 Å². The summed E-state index contributed by atoms with van der Waals surface area (Å²) in [5, 5.41) is 18.1. The lowest BCUT2D eigenvalue weighted by Gasteiger charge is -2.13. The van der Waals surface area contributed by atoms with Crippen LogP contribution in [-0.4, -0.2) is 20.3 Å². The zero-order valence-electron chi connectivity index (χ0n) is 13.3. The van der Waals surface area contributed by atoms with Gasteiger partial charge in [-0.1, -0.05) is 30.3 Å². The predicted octanol–water partition coefficient (Wildman–Crippen LogP) is 3.53. The van der Waals surface area contributed by atoms with Crippen LogP contribution in [0.5, 0.6) is 0 Å². The number of aromatic nitrogens is 4. The molecule has 2 heterocycles. The van der Waals surface area contributed by atoms with Crippen LogP contribution in [0.25, 0.3) is 0 Å². The Balaban J connectivity index is 1.83. The van der Waals surface area contributed by atoms with E-state index in [1.807, 2.05) is 6.92 Å². The van der Waals surface area contributed by atoms with Crippen molar-refractivity contribution in [3.05, 3.63) is 47.3 Å². The van der Waals surface area contributed by atoms with Gasteiger partial charge in [0.2, 0.25) is 5.95 Å². The fraction of sp³-hybridized carbons (Fsp3) is 0.250. The van der Waals surface area contributed by atoms with E-state index in [1.54, 1.807) is 12.3 Å². The van der Waals surface area contributed by atoms with Gasteiger partial charge in [0.15, 0.2) is 11.6 Å². The summed E-state index contributed by atoms with van der Waals surface area (Å²) in [5.41, 5.74) is 3.44. The average Bonchev–Trinajstić information content (AvgIpc) is 2.95. The van der Waals surface area contributed by atoms with Gasteiger partial charge in [0.25, 0.3) is 0 Å². The molecule has 23 heavy (non-hydrogen) atoms. The van der Waals surface area contributed by atoms with Crippen molar-refractivity contribution in [2.45, 2.75) is 27.2 Å². The molecule has 0 atom stereocenters. The van der Waals surface area contributed by atoms with Crippen LogP contribution in [0, 0.1) is 13.8 Å². The molecule has 0 fully saturated rings. The van der Waals surface area contributed by atoms with E-state index < -0.39 is 0 Å². The maximum atomic E-state index is 5.00. The van der Waals surface area contributed by atoms with Gasteiger partial charge in [-0.05, 0) is 31.4 Å². The number of hydrogen-bond acceptors (Lipinski definition) is 7. The fourth-order valence-corrected chi connectivity index (χ4v) is 2.29. The Morgan fingerprint density at radius 3 is 2.74 bits per heavy atom. The molecule has 3 aromatic rings. The molecule has 7 nitrogen and oxygen atoms in total. The van der Waals surface area contributed by atoms with E-state index in [9.17, 15) is 0 Å². The van der Waals surface area contributed by atoms with E-state index in [0.29, 0.717) is 23.3 Å². The molecule has 0 aliphatic heterocycles. The lowest BCUT2D eigenvalue weighted by molar-refractivity contribution is 0.400. The maximum Gasteiger partial charge on any atom is 0.250 e. The minimum Gasteiger partial charge on any atom is -0.360 e. The zero-order chi connectivity index (χ0) is 16.2. The highest BCUT2D eigenvalue weighted by molar-refractivity contribution is 5.65. The lowest BCUT2D eigenvalue weighted by atomic mass is 10.1. The van der Waals surface area contributed by atoms with E-state index in [-0.39, 0.29) is 0 Å². The Hall–Kier alpha value is -2.96. The standard InChI is InChI=1S/C16H18N6O/c1-4-12-7-5-6-10(2)15(12)18-14-9-17-21-16(20-14)19-13-8-11(3)23-22-13/h5-9H,4H2,1-3H3,(H2,18,19,20,21,22). The number of para-hydroxylation sites is 1. The molecule has 3 rings (SSSR count). The normalized spacial score (nSPS) is 10.6. The van der Waals surface area contributed by atoms with Gasteiger partial charge >= 0.3 is 0 Å². The van der Waals surface area contributed by atoms with Crippen LogP contribution in [0.2, 0.25) is 0 Å². The molecule has 0 saturated heterocycles. The molecule has 0 aliphatic carbocycles. The van der Waals surface area contributed by atoms with Crippen molar-refractivity contribution in [2.75, 3.05) is 10.6 Å². The number of benzene rings is 1. The molecule has 1 aromatic carbocycles. The summed E-state index contributed by atoms with van der Waals surface area (Å²) >= 11 is 0. The quantitative estimate of drug-likeness (QED) is 0.745. The van der Waals surface area contributed by atoms with Crippen LogP contribution in [0.4, 0.5) is 23.3 Å². The lowest BCUT2D eigenvalue weighted by Crippen LogP contribution is -2.04. The van der Waals surface area contributed by atoms with Gasteiger partial charge in [-0.25, -0.2) is 0 Å². The summed E-state index contributed by atoms with van der Waals surface area (Å²) in [5.74, 6) is 2.23. The first-order chi connectivity index (χ1) is 11.2. The molecule has 0 amide bonds. The second-order valence-corrected chi connectivity index (χ2v) is 5.20. The molecule has 0 bridgehead atoms. The van der Waals surface area contributed by atoms with Gasteiger partial charge in [0.1, 0.15) is 5.76 Å². The first-order valence-corrected chi connectivity index (χ1v) is 7.41. The van der Waals surface area contributed by atoms with Crippen molar-refractivity contribution in [1.29, 1.82) is 0 Å². The van der Waals surface area contributed by atoms with Crippen LogP contribution in [0.3, 0.4) is 0 Å². The number of nitrogens with zero attached hydrogens (tertiary/aromatic N) is 4. The average molecular weight is 310 g/mol. The Kier molecular flexibility index (Phi) is 4.18. The molecule has 0 unspecified atom stereocenters. The molecular weight excluding hydrogens is 292 g/mol. The van der Waals surface area contributed by atoms with Crippen molar-refractivity contribution >= 4 is 23.3 Å². The first kappa shape index (κ1) is 15.0. The summed E-state index contributed by atoms with van der Waals surface area (Å²) in [6.45, 7) is 6.01. The van der Waals surface area contributed by atoms with Gasteiger partial charge in [0, 0.05) is 11.8 Å². The van der Waals surface area contributed by atoms with E-state index in [1.165, 1.54) is 5.56 Å². The van der Waals surface area contributed by atoms with Gasteiger partial charge in [-0.3, -0.25) is 0 Å². The highest BCUT2D eigenvalue weighted by Crippen LogP contribution is 2.24. The van der Waals surface area contributed by atoms with Crippen molar-refractivity contribution in [3.8, 4) is 0 Å². The Morgan fingerprint density at radius 2 is 2.00 bits per heavy atom. The molecule has 0 saturated carbocycles. The minimum atomic E-state index is 0.356. The molecule has 7 heteroatoms. The van der Waals surface area contributed by atoms with Crippen molar-refractivity contribution in [2.24, 2.45) is 0 Å². The van der Waals surface area contributed by atoms with Crippen molar-refractivity contribution in [3.63, 3.8) is 0 Å². The predicted molar refractivity (Wildman–Crippen MR) is 88.2 cm³/mol. The highest BCUT2D eigenvalue weighted by Gasteiger charge is 2.08. The van der Waals surface area contributed by atoms with Gasteiger partial charge in [-0.15, -0.1) is 5.10 Å². The van der Waals surface area contributed by atoms with Gasteiger partial charge in [-0.2, -0.15) is 10.1 Å². The molecule has 2 aromatic heterocycles. The fourth-order valence-electron chi connectivity index (χ4n) is 2.29. The number of aryl methyl sites for hydroxylation is 3.